The quantitative estimate of drug-likeness (QED) is 0.615. The second kappa shape index (κ2) is 6.97. The van der Waals surface area contributed by atoms with Crippen molar-refractivity contribution in [3.8, 4) is 0 Å². The first-order valence-corrected chi connectivity index (χ1v) is 6.59. The highest BCUT2D eigenvalue weighted by Crippen LogP contribution is 2.17. The van der Waals surface area contributed by atoms with Crippen LogP contribution in [0.2, 0.25) is 0 Å². The summed E-state index contributed by atoms with van der Waals surface area (Å²) >= 11 is 0. The molecule has 2 rings (SSSR count). The summed E-state index contributed by atoms with van der Waals surface area (Å²) in [6, 6.07) is 12.5. The molecule has 100 valence electrons. The molecular weight excluding hydrogens is 236 g/mol. The van der Waals surface area contributed by atoms with Crippen LogP contribution in [0.4, 0.5) is 0 Å². The molecular formula is C15H20N4. The van der Waals surface area contributed by atoms with Gasteiger partial charge in [-0.25, -0.2) is 9.97 Å². The zero-order valence-corrected chi connectivity index (χ0v) is 11.2. The average molecular weight is 256 g/mol. The van der Waals surface area contributed by atoms with Crippen LogP contribution >= 0.6 is 0 Å². The number of nitrogens with two attached hydrogens (primary N) is 1. The smallest absolute Gasteiger partial charge is 0.125 e. The normalized spacial score (nSPS) is 12.3. The zero-order valence-electron chi connectivity index (χ0n) is 11.2. The minimum atomic E-state index is 0.0883. The molecule has 0 amide bonds. The minimum absolute atomic E-state index is 0.0883. The molecule has 3 N–H and O–H groups in total. The number of hydrogen-bond acceptors (Lipinski definition) is 4. The van der Waals surface area contributed by atoms with Gasteiger partial charge in [0.05, 0.1) is 11.7 Å². The van der Waals surface area contributed by atoms with Gasteiger partial charge < -0.3 is 0 Å². The van der Waals surface area contributed by atoms with E-state index >= 15 is 0 Å². The van der Waals surface area contributed by atoms with Crippen LogP contribution in [0.25, 0.3) is 0 Å². The lowest BCUT2D eigenvalue weighted by Gasteiger charge is -2.15. The van der Waals surface area contributed by atoms with Crippen molar-refractivity contribution in [3.05, 3.63) is 59.7 Å². The summed E-state index contributed by atoms with van der Waals surface area (Å²) in [4.78, 5) is 8.52. The average Bonchev–Trinajstić information content (AvgIpc) is 2.45. The highest BCUT2D eigenvalue weighted by molar-refractivity contribution is 5.15. The van der Waals surface area contributed by atoms with E-state index in [4.69, 9.17) is 5.84 Å². The van der Waals surface area contributed by atoms with E-state index < -0.39 is 0 Å². The predicted molar refractivity (Wildman–Crippen MR) is 76.2 cm³/mol. The third-order valence-corrected chi connectivity index (χ3v) is 3.16. The molecule has 1 atom stereocenters. The molecule has 1 heterocycles. The van der Waals surface area contributed by atoms with Crippen molar-refractivity contribution in [2.75, 3.05) is 0 Å². The van der Waals surface area contributed by atoms with E-state index in [1.807, 2.05) is 19.1 Å². The van der Waals surface area contributed by atoms with Gasteiger partial charge in [-0.3, -0.25) is 11.3 Å². The van der Waals surface area contributed by atoms with Crippen LogP contribution in [0, 0.1) is 6.92 Å². The summed E-state index contributed by atoms with van der Waals surface area (Å²) in [5.74, 6) is 6.40. The van der Waals surface area contributed by atoms with Crippen LogP contribution in [-0.2, 0) is 6.42 Å². The van der Waals surface area contributed by atoms with Gasteiger partial charge in [-0.05, 0) is 37.8 Å². The highest BCUT2D eigenvalue weighted by Gasteiger charge is 2.11. The van der Waals surface area contributed by atoms with Crippen LogP contribution in [0.5, 0.6) is 0 Å². The van der Waals surface area contributed by atoms with Crippen LogP contribution in [-0.4, -0.2) is 9.97 Å². The lowest BCUT2D eigenvalue weighted by atomic mass is 10.0. The highest BCUT2D eigenvalue weighted by atomic mass is 15.2. The molecule has 19 heavy (non-hydrogen) atoms. The molecule has 1 aromatic carbocycles. The molecule has 4 nitrogen and oxygen atoms in total. The lowest BCUT2D eigenvalue weighted by molar-refractivity contribution is 0.486. The first-order valence-electron chi connectivity index (χ1n) is 6.59. The second-order valence-electron chi connectivity index (χ2n) is 4.63. The van der Waals surface area contributed by atoms with Crippen molar-refractivity contribution in [3.63, 3.8) is 0 Å². The Balaban J connectivity index is 1.89. The molecule has 0 saturated carbocycles. The molecule has 0 aliphatic heterocycles. The van der Waals surface area contributed by atoms with Crippen molar-refractivity contribution >= 4 is 0 Å². The Bertz CT molecular complexity index is 499. The molecule has 1 unspecified atom stereocenters. The SMILES string of the molecule is Cc1nccc(C(CCCc2ccccc2)NN)n1. The Kier molecular flexibility index (Phi) is 5.01. The van der Waals surface area contributed by atoms with Gasteiger partial charge in [0.25, 0.3) is 0 Å². The third kappa shape index (κ3) is 4.12. The second-order valence-corrected chi connectivity index (χ2v) is 4.63. The molecule has 1 aromatic heterocycles. The van der Waals surface area contributed by atoms with Crippen LogP contribution in [0.3, 0.4) is 0 Å². The van der Waals surface area contributed by atoms with Crippen LogP contribution in [0.1, 0.15) is 36.0 Å². The van der Waals surface area contributed by atoms with Gasteiger partial charge >= 0.3 is 0 Å². The molecule has 0 aliphatic carbocycles. The topological polar surface area (TPSA) is 63.8 Å². The van der Waals surface area contributed by atoms with E-state index in [1.165, 1.54) is 5.56 Å². The molecule has 0 bridgehead atoms. The van der Waals surface area contributed by atoms with E-state index in [-0.39, 0.29) is 6.04 Å². The van der Waals surface area contributed by atoms with Gasteiger partial charge in [-0.1, -0.05) is 30.3 Å². The van der Waals surface area contributed by atoms with E-state index in [0.717, 1.165) is 30.8 Å². The van der Waals surface area contributed by atoms with Crippen molar-refractivity contribution in [1.82, 2.24) is 15.4 Å². The maximum atomic E-state index is 5.62. The predicted octanol–water partition coefficient (Wildman–Crippen LogP) is 2.31. The maximum absolute atomic E-state index is 5.62. The zero-order chi connectivity index (χ0) is 13.5. The summed E-state index contributed by atoms with van der Waals surface area (Å²) in [6.45, 7) is 1.89. The number of aromatic nitrogens is 2. The number of nitrogens with one attached hydrogen (secondary N) is 1. The summed E-state index contributed by atoms with van der Waals surface area (Å²) in [6.07, 6.45) is 4.87. The van der Waals surface area contributed by atoms with Crippen molar-refractivity contribution in [1.29, 1.82) is 0 Å². The van der Waals surface area contributed by atoms with Crippen LogP contribution < -0.4 is 11.3 Å². The number of benzene rings is 1. The van der Waals surface area contributed by atoms with E-state index in [2.05, 4.69) is 39.7 Å². The van der Waals surface area contributed by atoms with Gasteiger partial charge in [0.15, 0.2) is 0 Å². The number of aryl methyl sites for hydroxylation is 2. The Labute approximate surface area is 114 Å². The van der Waals surface area contributed by atoms with Crippen molar-refractivity contribution in [2.45, 2.75) is 32.2 Å². The number of rotatable bonds is 6. The molecule has 0 spiro atoms. The van der Waals surface area contributed by atoms with Gasteiger partial charge in [-0.2, -0.15) is 0 Å². The van der Waals surface area contributed by atoms with E-state index in [1.54, 1.807) is 6.20 Å². The van der Waals surface area contributed by atoms with Gasteiger partial charge in [0.1, 0.15) is 5.82 Å². The molecule has 0 radical (unpaired) electrons. The van der Waals surface area contributed by atoms with Crippen LogP contribution in [0.15, 0.2) is 42.6 Å². The maximum Gasteiger partial charge on any atom is 0.125 e. The Morgan fingerprint density at radius 1 is 1.21 bits per heavy atom. The Morgan fingerprint density at radius 3 is 2.68 bits per heavy atom. The molecule has 0 saturated heterocycles. The van der Waals surface area contributed by atoms with Gasteiger partial charge in [0.2, 0.25) is 0 Å². The van der Waals surface area contributed by atoms with Crippen molar-refractivity contribution in [2.24, 2.45) is 5.84 Å². The first-order chi connectivity index (χ1) is 9.29. The van der Waals surface area contributed by atoms with E-state index in [9.17, 15) is 0 Å². The summed E-state index contributed by atoms with van der Waals surface area (Å²) < 4.78 is 0. The fourth-order valence-electron chi connectivity index (χ4n) is 2.14. The van der Waals surface area contributed by atoms with Crippen molar-refractivity contribution < 1.29 is 0 Å². The Hall–Kier alpha value is -1.78. The molecule has 0 aliphatic rings. The summed E-state index contributed by atoms with van der Waals surface area (Å²) in [5, 5.41) is 0. The molecule has 2 aromatic rings. The third-order valence-electron chi connectivity index (χ3n) is 3.16. The number of hydrogen-bond donors (Lipinski definition) is 2. The monoisotopic (exact) mass is 256 g/mol. The summed E-state index contributed by atoms with van der Waals surface area (Å²) in [5.41, 5.74) is 5.16. The summed E-state index contributed by atoms with van der Waals surface area (Å²) in [7, 11) is 0. The largest absolute Gasteiger partial charge is 0.271 e. The standard InChI is InChI=1S/C15H20N4/c1-12-17-11-10-14(18-12)15(19-16)9-5-8-13-6-3-2-4-7-13/h2-4,6-7,10-11,15,19H,5,8-9,16H2,1H3. The molecule has 4 heteroatoms. The number of hydrazine groups is 1. The minimum Gasteiger partial charge on any atom is -0.271 e. The van der Waals surface area contributed by atoms with Gasteiger partial charge in [-0.15, -0.1) is 0 Å². The van der Waals surface area contributed by atoms with Gasteiger partial charge in [0, 0.05) is 6.20 Å². The fourth-order valence-corrected chi connectivity index (χ4v) is 2.14. The number of nitrogens with zero attached hydrogens (tertiary/aromatic N) is 2. The lowest BCUT2D eigenvalue weighted by Crippen LogP contribution is -2.29. The molecule has 0 fully saturated rings. The van der Waals surface area contributed by atoms with E-state index in [0.29, 0.717) is 0 Å². The Morgan fingerprint density at radius 2 is 2.00 bits per heavy atom. The fraction of sp³-hybridized carbons (Fsp3) is 0.333. The first kappa shape index (κ1) is 13.6.